The van der Waals surface area contributed by atoms with Gasteiger partial charge in [0, 0.05) is 11.4 Å². The van der Waals surface area contributed by atoms with E-state index in [0.717, 1.165) is 5.69 Å². The smallest absolute Gasteiger partial charge is 0.234 e. The van der Waals surface area contributed by atoms with E-state index in [0.29, 0.717) is 27.4 Å². The molecule has 1 atom stereocenters. The molecule has 3 aromatic rings. The Morgan fingerprint density at radius 2 is 1.97 bits per heavy atom. The van der Waals surface area contributed by atoms with Gasteiger partial charge >= 0.3 is 0 Å². The van der Waals surface area contributed by atoms with Gasteiger partial charge in [-0.2, -0.15) is 0 Å². The molecule has 0 bridgehead atoms. The number of benzene rings is 2. The number of nitrogens with zero attached hydrogens (tertiary/aromatic N) is 4. The van der Waals surface area contributed by atoms with Crippen LogP contribution in [0.1, 0.15) is 18.8 Å². The molecule has 1 heterocycles. The Kier molecular flexibility index (Phi) is 7.53. The number of carbonyl (C=O) groups is 1. The number of aromatic nitrogens is 3. The van der Waals surface area contributed by atoms with Crippen LogP contribution < -0.4 is 10.1 Å². The quantitative estimate of drug-likeness (QED) is 0.498. The fourth-order valence-electron chi connectivity index (χ4n) is 2.78. The molecule has 0 aliphatic carbocycles. The van der Waals surface area contributed by atoms with Gasteiger partial charge in [-0.15, -0.1) is 10.2 Å². The fraction of sp³-hybridized carbons (Fsp3) is 0.286. The number of methoxy groups -OCH3 is 1. The van der Waals surface area contributed by atoms with Crippen LogP contribution in [0.4, 0.5) is 10.1 Å². The number of hydrogen-bond acceptors (Lipinski definition) is 6. The third-order valence-corrected chi connectivity index (χ3v) is 5.88. The van der Waals surface area contributed by atoms with Crippen molar-refractivity contribution >= 4 is 35.0 Å². The molecular weight excluding hydrogens is 441 g/mol. The number of nitrogens with one attached hydrogen (secondary N) is 1. The topological polar surface area (TPSA) is 72.3 Å². The van der Waals surface area contributed by atoms with Crippen molar-refractivity contribution in [2.75, 3.05) is 32.3 Å². The Labute approximate surface area is 189 Å². The van der Waals surface area contributed by atoms with Gasteiger partial charge in [0.15, 0.2) is 11.0 Å². The Hall–Kier alpha value is -2.62. The van der Waals surface area contributed by atoms with Crippen molar-refractivity contribution < 1.29 is 13.9 Å². The minimum Gasteiger partial charge on any atom is -0.495 e. The second-order valence-electron chi connectivity index (χ2n) is 6.98. The molecule has 0 aliphatic rings. The predicted molar refractivity (Wildman–Crippen MR) is 121 cm³/mol. The van der Waals surface area contributed by atoms with Gasteiger partial charge in [-0.1, -0.05) is 23.4 Å². The minimum absolute atomic E-state index is 0.0397. The van der Waals surface area contributed by atoms with Crippen molar-refractivity contribution in [3.05, 3.63) is 59.1 Å². The van der Waals surface area contributed by atoms with Crippen molar-refractivity contribution in [2.24, 2.45) is 0 Å². The van der Waals surface area contributed by atoms with Crippen molar-refractivity contribution in [3.8, 4) is 11.4 Å². The van der Waals surface area contributed by atoms with Crippen LogP contribution in [0.3, 0.4) is 0 Å². The summed E-state index contributed by atoms with van der Waals surface area (Å²) >= 11 is 7.35. The predicted octanol–water partition coefficient (Wildman–Crippen LogP) is 4.42. The summed E-state index contributed by atoms with van der Waals surface area (Å²) in [6.07, 6.45) is 0. The van der Waals surface area contributed by atoms with Crippen molar-refractivity contribution in [3.63, 3.8) is 0 Å². The molecule has 0 fully saturated rings. The van der Waals surface area contributed by atoms with E-state index in [1.807, 2.05) is 30.5 Å². The summed E-state index contributed by atoms with van der Waals surface area (Å²) in [6.45, 7) is 2.00. The molecule has 10 heteroatoms. The summed E-state index contributed by atoms with van der Waals surface area (Å²) in [5.41, 5.74) is 1.29. The lowest BCUT2D eigenvalue weighted by atomic mass is 10.2. The summed E-state index contributed by atoms with van der Waals surface area (Å²) in [5.74, 6) is 0.789. The van der Waals surface area contributed by atoms with Gasteiger partial charge in [-0.25, -0.2) is 4.39 Å². The molecule has 164 valence electrons. The van der Waals surface area contributed by atoms with Crippen LogP contribution in [-0.4, -0.2) is 52.5 Å². The SMILES string of the molecule is COc1ccc(NC(=O)CSc2nnc([C@H](C)N(C)C)n2-c2ccc(F)cc2)cc1Cl. The van der Waals surface area contributed by atoms with Crippen LogP contribution in [0.15, 0.2) is 47.6 Å². The average molecular weight is 464 g/mol. The second kappa shape index (κ2) is 10.1. The van der Waals surface area contributed by atoms with Crippen LogP contribution in [0.2, 0.25) is 5.02 Å². The average Bonchev–Trinajstić information content (AvgIpc) is 3.16. The van der Waals surface area contributed by atoms with Crippen LogP contribution in [0.25, 0.3) is 5.69 Å². The van der Waals surface area contributed by atoms with E-state index in [9.17, 15) is 9.18 Å². The van der Waals surface area contributed by atoms with E-state index >= 15 is 0 Å². The van der Waals surface area contributed by atoms with Crippen molar-refractivity contribution in [1.29, 1.82) is 0 Å². The van der Waals surface area contributed by atoms with Crippen LogP contribution in [0, 0.1) is 5.82 Å². The highest BCUT2D eigenvalue weighted by molar-refractivity contribution is 7.99. The highest BCUT2D eigenvalue weighted by Gasteiger charge is 2.21. The molecular formula is C21H23ClFN5O2S. The summed E-state index contributed by atoms with van der Waals surface area (Å²) in [6, 6.07) is 11.1. The van der Waals surface area contributed by atoms with E-state index in [1.165, 1.54) is 31.0 Å². The summed E-state index contributed by atoms with van der Waals surface area (Å²) in [5, 5.41) is 12.3. The zero-order valence-electron chi connectivity index (χ0n) is 17.6. The minimum atomic E-state index is -0.328. The number of rotatable bonds is 8. The number of amides is 1. The lowest BCUT2D eigenvalue weighted by Gasteiger charge is -2.20. The lowest BCUT2D eigenvalue weighted by molar-refractivity contribution is -0.113. The molecule has 3 rings (SSSR count). The molecule has 31 heavy (non-hydrogen) atoms. The number of ether oxygens (including phenoxy) is 1. The third kappa shape index (κ3) is 5.55. The maximum Gasteiger partial charge on any atom is 0.234 e. The molecule has 1 amide bonds. The first-order valence-corrected chi connectivity index (χ1v) is 10.8. The van der Waals surface area contributed by atoms with Gasteiger partial charge in [0.2, 0.25) is 5.91 Å². The van der Waals surface area contributed by atoms with Crippen molar-refractivity contribution in [2.45, 2.75) is 18.1 Å². The molecule has 1 N–H and O–H groups in total. The van der Waals surface area contributed by atoms with Gasteiger partial charge in [-0.3, -0.25) is 14.3 Å². The standard InChI is InChI=1S/C21H23ClFN5O2S/c1-13(27(2)3)20-25-26-21(28(20)16-8-5-14(23)6-9-16)31-12-19(29)24-15-7-10-18(30-4)17(22)11-15/h5-11,13H,12H2,1-4H3,(H,24,29)/t13-/m0/s1. The number of thioether (sulfide) groups is 1. The molecule has 0 spiro atoms. The van der Waals surface area contributed by atoms with E-state index < -0.39 is 0 Å². The lowest BCUT2D eigenvalue weighted by Crippen LogP contribution is -2.21. The summed E-state index contributed by atoms with van der Waals surface area (Å²) < 4.78 is 20.4. The second-order valence-corrected chi connectivity index (χ2v) is 8.33. The maximum absolute atomic E-state index is 13.4. The number of anilines is 1. The maximum atomic E-state index is 13.4. The number of hydrogen-bond donors (Lipinski definition) is 1. The number of carbonyl (C=O) groups excluding carboxylic acids is 1. The highest BCUT2D eigenvalue weighted by Crippen LogP contribution is 2.29. The fourth-order valence-corrected chi connectivity index (χ4v) is 3.80. The van der Waals surface area contributed by atoms with Crippen LogP contribution in [0.5, 0.6) is 5.75 Å². The summed E-state index contributed by atoms with van der Waals surface area (Å²) in [4.78, 5) is 14.5. The molecule has 0 saturated carbocycles. The van der Waals surface area contributed by atoms with E-state index in [4.69, 9.17) is 16.3 Å². The molecule has 7 nitrogen and oxygen atoms in total. The van der Waals surface area contributed by atoms with Crippen molar-refractivity contribution in [1.82, 2.24) is 19.7 Å². The summed E-state index contributed by atoms with van der Waals surface area (Å²) in [7, 11) is 5.40. The monoisotopic (exact) mass is 463 g/mol. The molecule has 0 aliphatic heterocycles. The molecule has 1 aromatic heterocycles. The zero-order valence-corrected chi connectivity index (χ0v) is 19.2. The Morgan fingerprint density at radius 1 is 1.26 bits per heavy atom. The van der Waals surface area contributed by atoms with Crippen LogP contribution in [-0.2, 0) is 4.79 Å². The largest absolute Gasteiger partial charge is 0.495 e. The van der Waals surface area contributed by atoms with E-state index in [-0.39, 0.29) is 23.5 Å². The Morgan fingerprint density at radius 3 is 2.58 bits per heavy atom. The van der Waals surface area contributed by atoms with Gasteiger partial charge in [0.05, 0.1) is 23.9 Å². The highest BCUT2D eigenvalue weighted by atomic mass is 35.5. The number of halogens is 2. The van der Waals surface area contributed by atoms with Crippen LogP contribution >= 0.6 is 23.4 Å². The van der Waals surface area contributed by atoms with E-state index in [1.54, 1.807) is 30.3 Å². The Bertz CT molecular complexity index is 1060. The third-order valence-electron chi connectivity index (χ3n) is 4.66. The van der Waals surface area contributed by atoms with Gasteiger partial charge in [0.1, 0.15) is 11.6 Å². The van der Waals surface area contributed by atoms with Gasteiger partial charge in [0.25, 0.3) is 0 Å². The molecule has 0 radical (unpaired) electrons. The normalized spacial score (nSPS) is 12.1. The molecule has 0 saturated heterocycles. The molecule has 2 aromatic carbocycles. The first-order valence-electron chi connectivity index (χ1n) is 9.44. The Balaban J connectivity index is 1.78. The first kappa shape index (κ1) is 23.1. The first-order chi connectivity index (χ1) is 14.8. The van der Waals surface area contributed by atoms with E-state index in [2.05, 4.69) is 15.5 Å². The molecule has 0 unspecified atom stereocenters. The van der Waals surface area contributed by atoms with Gasteiger partial charge in [-0.05, 0) is 63.5 Å². The zero-order chi connectivity index (χ0) is 22.5. The van der Waals surface area contributed by atoms with Gasteiger partial charge < -0.3 is 10.1 Å².